The van der Waals surface area contributed by atoms with E-state index in [9.17, 15) is 8.76 Å². The number of hydrogen-bond acceptors (Lipinski definition) is 3. The lowest BCUT2D eigenvalue weighted by molar-refractivity contribution is 0.106. The maximum atomic E-state index is 11.2. The summed E-state index contributed by atoms with van der Waals surface area (Å²) in [7, 11) is 0. The monoisotopic (exact) mass is 474 g/mol. The zero-order chi connectivity index (χ0) is 22.1. The van der Waals surface area contributed by atoms with Gasteiger partial charge in [0.25, 0.3) is 0 Å². The molecule has 2 aliphatic carbocycles. The van der Waals surface area contributed by atoms with Crippen LogP contribution in [0, 0.1) is 0 Å². The van der Waals surface area contributed by atoms with Gasteiger partial charge in [-0.1, -0.05) is 29.8 Å². The molecule has 0 amide bonds. The first-order valence-corrected chi connectivity index (χ1v) is 13.1. The van der Waals surface area contributed by atoms with E-state index in [1.807, 2.05) is 12.1 Å². The molecule has 0 radical (unpaired) electrons. The Bertz CT molecular complexity index is 993. The number of halogens is 1. The van der Waals surface area contributed by atoms with Crippen molar-refractivity contribution in [3.63, 3.8) is 0 Å². The van der Waals surface area contributed by atoms with E-state index in [1.54, 1.807) is 0 Å². The van der Waals surface area contributed by atoms with Crippen LogP contribution in [-0.2, 0) is 24.1 Å². The van der Waals surface area contributed by atoms with E-state index in [-0.39, 0.29) is 5.54 Å². The molecule has 2 aromatic carbocycles. The summed E-state index contributed by atoms with van der Waals surface area (Å²) in [5.74, 6) is 1.33. The van der Waals surface area contributed by atoms with E-state index in [0.717, 1.165) is 49.3 Å². The number of hydrogen-bond donors (Lipinski definition) is 2. The van der Waals surface area contributed by atoms with Gasteiger partial charge in [-0.3, -0.25) is 9.45 Å². The van der Waals surface area contributed by atoms with Crippen LogP contribution < -0.4 is 9.46 Å². The lowest BCUT2D eigenvalue weighted by atomic mass is 9.75. The molecule has 1 saturated carbocycles. The maximum absolute atomic E-state index is 11.2. The molecule has 172 valence electrons. The molecular weight excluding hydrogens is 444 g/mol. The summed E-state index contributed by atoms with van der Waals surface area (Å²) >= 11 is 4.28. The van der Waals surface area contributed by atoms with Crippen LogP contribution in [0.1, 0.15) is 54.7 Å². The summed E-state index contributed by atoms with van der Waals surface area (Å²) in [4.78, 5) is 2.62. The largest absolute Gasteiger partial charge is 0.494 e. The zero-order valence-corrected chi connectivity index (χ0v) is 19.8. The number of benzene rings is 2. The summed E-state index contributed by atoms with van der Waals surface area (Å²) in [6.07, 6.45) is 7.03. The Balaban J connectivity index is 1.30. The highest BCUT2D eigenvalue weighted by molar-refractivity contribution is 7.77. The summed E-state index contributed by atoms with van der Waals surface area (Å²) in [6, 6.07) is 15.3. The predicted molar refractivity (Wildman–Crippen MR) is 129 cm³/mol. The second-order valence-corrected chi connectivity index (χ2v) is 10.7. The summed E-state index contributed by atoms with van der Waals surface area (Å²) in [5.41, 5.74) is 3.84. The van der Waals surface area contributed by atoms with Gasteiger partial charge in [0.2, 0.25) is 11.3 Å². The minimum absolute atomic E-state index is 0.256. The Hall–Kier alpha value is -1.44. The number of likely N-dealkylation sites (tertiary alicyclic amines) is 1. The van der Waals surface area contributed by atoms with Gasteiger partial charge < -0.3 is 4.74 Å². The average molecular weight is 475 g/mol. The van der Waals surface area contributed by atoms with Crippen molar-refractivity contribution in [3.05, 3.63) is 64.2 Å². The molecule has 1 heterocycles. The summed E-state index contributed by atoms with van der Waals surface area (Å²) in [5, 5.41) is 0.792. The van der Waals surface area contributed by atoms with Crippen molar-refractivity contribution in [2.24, 2.45) is 0 Å². The van der Waals surface area contributed by atoms with Crippen LogP contribution in [0.2, 0.25) is 5.02 Å². The highest BCUT2D eigenvalue weighted by Gasteiger charge is 2.39. The van der Waals surface area contributed by atoms with E-state index in [4.69, 9.17) is 16.3 Å². The van der Waals surface area contributed by atoms with Crippen LogP contribution in [-0.4, -0.2) is 44.9 Å². The molecule has 1 aliphatic heterocycles. The lowest BCUT2D eigenvalue weighted by Gasteiger charge is -2.41. The predicted octanol–water partition coefficient (Wildman–Crippen LogP) is 4.71. The standard InChI is InChI=1S/C25H31ClN2O3S/c26-20-5-1-4-18(14-20)15-23-22-17-21(7-6-19(22)16-24(23)28-11-3-12-28)31-13-10-25(8-2-9-25)27-32(29)30/h1,4-7,14,17,23-24,27H,2-3,8-13,15-16H2,(H,29,30). The molecule has 0 spiro atoms. The Morgan fingerprint density at radius 3 is 2.69 bits per heavy atom. The van der Waals surface area contributed by atoms with E-state index in [2.05, 4.69) is 40.0 Å². The summed E-state index contributed by atoms with van der Waals surface area (Å²) in [6.45, 7) is 2.92. The average Bonchev–Trinajstić information content (AvgIpc) is 3.02. The van der Waals surface area contributed by atoms with Gasteiger partial charge in [-0.2, -0.15) is 0 Å². The second-order valence-electron chi connectivity index (χ2n) is 9.55. The van der Waals surface area contributed by atoms with E-state index in [1.165, 1.54) is 36.2 Å². The molecule has 3 aliphatic rings. The van der Waals surface area contributed by atoms with Crippen molar-refractivity contribution >= 4 is 22.9 Å². The Morgan fingerprint density at radius 1 is 1.19 bits per heavy atom. The quantitative estimate of drug-likeness (QED) is 0.516. The molecule has 2 aromatic rings. The smallest absolute Gasteiger partial charge is 0.232 e. The molecule has 7 heteroatoms. The number of rotatable bonds is 9. The Morgan fingerprint density at radius 2 is 2.03 bits per heavy atom. The first-order valence-electron chi connectivity index (χ1n) is 11.6. The van der Waals surface area contributed by atoms with E-state index >= 15 is 0 Å². The minimum Gasteiger partial charge on any atom is -0.494 e. The first-order chi connectivity index (χ1) is 15.5. The lowest BCUT2D eigenvalue weighted by Crippen LogP contribution is -2.52. The molecule has 3 unspecified atom stereocenters. The topological polar surface area (TPSA) is 61.8 Å². The van der Waals surface area contributed by atoms with E-state index < -0.39 is 11.3 Å². The third-order valence-electron chi connectivity index (χ3n) is 7.58. The van der Waals surface area contributed by atoms with Gasteiger partial charge in [-0.25, -0.2) is 8.93 Å². The normalized spacial score (nSPS) is 24.9. The fraction of sp³-hybridized carbons (Fsp3) is 0.520. The molecule has 0 bridgehead atoms. The van der Waals surface area contributed by atoms with Crippen molar-refractivity contribution in [3.8, 4) is 5.75 Å². The van der Waals surface area contributed by atoms with Gasteiger partial charge in [-0.15, -0.1) is 0 Å². The van der Waals surface area contributed by atoms with Crippen molar-refractivity contribution in [1.82, 2.24) is 9.62 Å². The fourth-order valence-electron chi connectivity index (χ4n) is 5.54. The van der Waals surface area contributed by atoms with Crippen molar-refractivity contribution in [2.45, 2.75) is 62.4 Å². The second kappa shape index (κ2) is 9.43. The van der Waals surface area contributed by atoms with Crippen LogP contribution in [0.15, 0.2) is 42.5 Å². The number of fused-ring (bicyclic) bond motifs is 1. The fourth-order valence-corrected chi connectivity index (χ4v) is 6.43. The summed E-state index contributed by atoms with van der Waals surface area (Å²) < 4.78 is 29.4. The van der Waals surface area contributed by atoms with Gasteiger partial charge in [0.15, 0.2) is 0 Å². The SMILES string of the molecule is O=S(O)NC1(CCOc2ccc3c(c2)C(Cc2cccc(Cl)c2)C(N2CCC2)C3)CCC1. The minimum atomic E-state index is -1.98. The highest BCUT2D eigenvalue weighted by atomic mass is 35.5. The van der Waals surface area contributed by atoms with Gasteiger partial charge in [0.1, 0.15) is 5.75 Å². The Labute approximate surface area is 197 Å². The molecule has 5 nitrogen and oxygen atoms in total. The number of nitrogens with zero attached hydrogens (tertiary/aromatic N) is 1. The van der Waals surface area contributed by atoms with Gasteiger partial charge in [0.05, 0.1) is 6.61 Å². The molecule has 3 atom stereocenters. The molecule has 2 N–H and O–H groups in total. The zero-order valence-electron chi connectivity index (χ0n) is 18.3. The molecule has 5 rings (SSSR count). The number of nitrogens with one attached hydrogen (secondary N) is 1. The van der Waals surface area contributed by atoms with Gasteiger partial charge >= 0.3 is 0 Å². The van der Waals surface area contributed by atoms with Gasteiger partial charge in [-0.05, 0) is 92.6 Å². The number of ether oxygens (including phenoxy) is 1. The van der Waals surface area contributed by atoms with Crippen molar-refractivity contribution < 1.29 is 13.5 Å². The molecule has 32 heavy (non-hydrogen) atoms. The molecular formula is C25H31ClN2O3S. The van der Waals surface area contributed by atoms with Crippen molar-refractivity contribution in [1.29, 1.82) is 0 Å². The third kappa shape index (κ3) is 4.75. The van der Waals surface area contributed by atoms with Crippen LogP contribution in [0.3, 0.4) is 0 Å². The van der Waals surface area contributed by atoms with Crippen LogP contribution in [0.25, 0.3) is 0 Å². The van der Waals surface area contributed by atoms with Crippen LogP contribution >= 0.6 is 11.6 Å². The highest BCUT2D eigenvalue weighted by Crippen LogP contribution is 2.42. The molecule has 2 fully saturated rings. The van der Waals surface area contributed by atoms with Crippen molar-refractivity contribution in [2.75, 3.05) is 19.7 Å². The van der Waals surface area contributed by atoms with E-state index in [0.29, 0.717) is 18.6 Å². The van der Waals surface area contributed by atoms with Gasteiger partial charge in [0, 0.05) is 28.9 Å². The Kier molecular flexibility index (Phi) is 6.59. The third-order valence-corrected chi connectivity index (χ3v) is 8.42. The van der Waals surface area contributed by atoms with Crippen LogP contribution in [0.5, 0.6) is 5.75 Å². The molecule has 0 aromatic heterocycles. The maximum Gasteiger partial charge on any atom is 0.232 e. The first kappa shape index (κ1) is 22.4. The molecule has 1 saturated heterocycles. The van der Waals surface area contributed by atoms with Crippen LogP contribution in [0.4, 0.5) is 0 Å².